The highest BCUT2D eigenvalue weighted by molar-refractivity contribution is 6.07. The number of benzene rings is 2. The number of carbonyl (C=O) groups excluding carboxylic acids is 2. The number of fused-ring (bicyclic) bond motifs is 1. The molecule has 0 bridgehead atoms. The lowest BCUT2D eigenvalue weighted by molar-refractivity contribution is -0.158. The highest BCUT2D eigenvalue weighted by atomic mass is 16.5. The highest BCUT2D eigenvalue weighted by Crippen LogP contribution is 2.27. The van der Waals surface area contributed by atoms with Crippen LogP contribution < -0.4 is 5.32 Å². The van der Waals surface area contributed by atoms with Gasteiger partial charge in [-0.1, -0.05) is 54.6 Å². The Hall–Kier alpha value is -3.19. The van der Waals surface area contributed by atoms with Crippen molar-refractivity contribution < 1.29 is 24.2 Å². The Balaban J connectivity index is 1.86. The van der Waals surface area contributed by atoms with Gasteiger partial charge in [0.25, 0.3) is 5.91 Å². The standard InChI is InChI=1S/C27H34N2O5/c1-4-34-24(30)23(15-14-20-10-6-5-7-11-20)18-29(19(2)3)25(31)27(26(32)33)16-21-12-8-9-13-22(21)17-28-27/h5-13,19,23,28H,4,14-18H2,1-3H3,(H,32,33)/t23?,27-/m0/s1. The van der Waals surface area contributed by atoms with Crippen molar-refractivity contribution in [2.45, 2.75) is 58.2 Å². The number of ether oxygens (including phenoxy) is 1. The molecule has 2 aromatic carbocycles. The molecule has 1 amide bonds. The van der Waals surface area contributed by atoms with Gasteiger partial charge in [-0.15, -0.1) is 0 Å². The Labute approximate surface area is 201 Å². The van der Waals surface area contributed by atoms with Gasteiger partial charge in [-0.3, -0.25) is 14.9 Å². The van der Waals surface area contributed by atoms with E-state index in [2.05, 4.69) is 5.32 Å². The molecular formula is C27H34N2O5. The lowest BCUT2D eigenvalue weighted by Gasteiger charge is -2.40. The van der Waals surface area contributed by atoms with E-state index < -0.39 is 23.3 Å². The van der Waals surface area contributed by atoms with E-state index >= 15 is 0 Å². The van der Waals surface area contributed by atoms with Gasteiger partial charge in [0.15, 0.2) is 0 Å². The smallest absolute Gasteiger partial charge is 0.334 e. The van der Waals surface area contributed by atoms with Crippen molar-refractivity contribution in [1.82, 2.24) is 10.2 Å². The van der Waals surface area contributed by atoms with Crippen LogP contribution in [0.2, 0.25) is 0 Å². The molecule has 1 unspecified atom stereocenters. The lowest BCUT2D eigenvalue weighted by atomic mass is 9.83. The van der Waals surface area contributed by atoms with Crippen molar-refractivity contribution in [2.75, 3.05) is 13.2 Å². The summed E-state index contributed by atoms with van der Waals surface area (Å²) in [6.45, 7) is 6.05. The number of carboxylic acid groups (broad SMARTS) is 1. The zero-order chi connectivity index (χ0) is 24.7. The summed E-state index contributed by atoms with van der Waals surface area (Å²) in [6, 6.07) is 17.1. The number of esters is 1. The van der Waals surface area contributed by atoms with Crippen LogP contribution in [0.5, 0.6) is 0 Å². The van der Waals surface area contributed by atoms with Crippen molar-refractivity contribution in [3.63, 3.8) is 0 Å². The number of nitrogens with zero attached hydrogens (tertiary/aromatic N) is 1. The summed E-state index contributed by atoms with van der Waals surface area (Å²) in [4.78, 5) is 40.6. The van der Waals surface area contributed by atoms with Crippen molar-refractivity contribution in [2.24, 2.45) is 5.92 Å². The fourth-order valence-electron chi connectivity index (χ4n) is 4.43. The highest BCUT2D eigenvalue weighted by Gasteiger charge is 2.51. The Morgan fingerprint density at radius 3 is 2.32 bits per heavy atom. The van der Waals surface area contributed by atoms with Gasteiger partial charge in [0.2, 0.25) is 5.54 Å². The first-order chi connectivity index (χ1) is 16.3. The van der Waals surface area contributed by atoms with Gasteiger partial charge in [0.05, 0.1) is 12.5 Å². The first kappa shape index (κ1) is 25.4. The van der Waals surface area contributed by atoms with Crippen LogP contribution in [-0.2, 0) is 38.5 Å². The Morgan fingerprint density at radius 2 is 1.71 bits per heavy atom. The van der Waals surface area contributed by atoms with E-state index in [9.17, 15) is 19.5 Å². The number of amides is 1. The third kappa shape index (κ3) is 5.65. The van der Waals surface area contributed by atoms with Gasteiger partial charge >= 0.3 is 11.9 Å². The molecule has 2 atom stereocenters. The molecule has 2 N–H and O–H groups in total. The fourth-order valence-corrected chi connectivity index (χ4v) is 4.43. The summed E-state index contributed by atoms with van der Waals surface area (Å²) < 4.78 is 5.31. The number of aliphatic carboxylic acids is 1. The molecule has 1 aliphatic heterocycles. The predicted molar refractivity (Wildman–Crippen MR) is 129 cm³/mol. The topological polar surface area (TPSA) is 95.9 Å². The first-order valence-electron chi connectivity index (χ1n) is 11.8. The largest absolute Gasteiger partial charge is 0.479 e. The number of nitrogens with one attached hydrogen (secondary N) is 1. The minimum atomic E-state index is -1.78. The molecular weight excluding hydrogens is 432 g/mol. The maximum absolute atomic E-state index is 13.8. The maximum Gasteiger partial charge on any atom is 0.334 e. The zero-order valence-corrected chi connectivity index (χ0v) is 20.1. The van der Waals surface area contributed by atoms with Crippen LogP contribution in [0, 0.1) is 5.92 Å². The van der Waals surface area contributed by atoms with E-state index in [1.165, 1.54) is 4.90 Å². The second-order valence-corrected chi connectivity index (χ2v) is 9.03. The molecule has 0 fully saturated rings. The first-order valence-corrected chi connectivity index (χ1v) is 11.8. The molecule has 34 heavy (non-hydrogen) atoms. The number of carboxylic acids is 1. The van der Waals surface area contributed by atoms with Crippen molar-refractivity contribution in [3.8, 4) is 0 Å². The van der Waals surface area contributed by atoms with E-state index in [0.717, 1.165) is 16.7 Å². The minimum absolute atomic E-state index is 0.0502. The van der Waals surface area contributed by atoms with Gasteiger partial charge in [-0.2, -0.15) is 0 Å². The van der Waals surface area contributed by atoms with Crippen molar-refractivity contribution in [1.29, 1.82) is 0 Å². The molecule has 0 radical (unpaired) electrons. The molecule has 7 heteroatoms. The van der Waals surface area contributed by atoms with Crippen LogP contribution in [0.1, 0.15) is 43.9 Å². The number of hydrogen-bond donors (Lipinski definition) is 2. The predicted octanol–water partition coefficient (Wildman–Crippen LogP) is 3.20. The summed E-state index contributed by atoms with van der Waals surface area (Å²) in [5.74, 6) is -2.68. The number of hydrogen-bond acceptors (Lipinski definition) is 5. The van der Waals surface area contributed by atoms with E-state index in [-0.39, 0.29) is 38.1 Å². The van der Waals surface area contributed by atoms with E-state index in [1.54, 1.807) is 6.92 Å². The molecule has 0 saturated heterocycles. The van der Waals surface area contributed by atoms with Gasteiger partial charge in [-0.05, 0) is 50.3 Å². The Bertz CT molecular complexity index is 1010. The summed E-state index contributed by atoms with van der Waals surface area (Å²) >= 11 is 0. The van der Waals surface area contributed by atoms with E-state index in [1.807, 2.05) is 68.4 Å². The molecule has 1 heterocycles. The molecule has 3 rings (SSSR count). The molecule has 1 aliphatic rings. The maximum atomic E-state index is 13.8. The number of aryl methyl sites for hydroxylation is 1. The third-order valence-corrected chi connectivity index (χ3v) is 6.43. The van der Waals surface area contributed by atoms with Gasteiger partial charge < -0.3 is 14.7 Å². The average Bonchev–Trinajstić information content (AvgIpc) is 2.83. The van der Waals surface area contributed by atoms with Crippen LogP contribution in [0.25, 0.3) is 0 Å². The second kappa shape index (κ2) is 11.3. The van der Waals surface area contributed by atoms with E-state index in [0.29, 0.717) is 12.8 Å². The average molecular weight is 467 g/mol. The van der Waals surface area contributed by atoms with Gasteiger partial charge in [0, 0.05) is 25.6 Å². The molecule has 0 aromatic heterocycles. The lowest BCUT2D eigenvalue weighted by Crippen LogP contribution is -2.66. The zero-order valence-electron chi connectivity index (χ0n) is 20.1. The SMILES string of the molecule is CCOC(=O)C(CCc1ccccc1)CN(C(=O)[C@]1(C(=O)O)Cc2ccccc2CN1)C(C)C. The summed E-state index contributed by atoms with van der Waals surface area (Å²) in [5, 5.41) is 13.2. The van der Waals surface area contributed by atoms with Crippen molar-refractivity contribution >= 4 is 17.8 Å². The second-order valence-electron chi connectivity index (χ2n) is 9.03. The third-order valence-electron chi connectivity index (χ3n) is 6.43. The molecule has 0 saturated carbocycles. The van der Waals surface area contributed by atoms with Gasteiger partial charge in [-0.25, -0.2) is 4.79 Å². The number of carbonyl (C=O) groups is 3. The summed E-state index contributed by atoms with van der Waals surface area (Å²) in [6.07, 6.45) is 1.20. The van der Waals surface area contributed by atoms with Crippen LogP contribution in [0.4, 0.5) is 0 Å². The molecule has 7 nitrogen and oxygen atoms in total. The Morgan fingerprint density at radius 1 is 1.06 bits per heavy atom. The summed E-state index contributed by atoms with van der Waals surface area (Å²) in [7, 11) is 0. The molecule has 0 aliphatic carbocycles. The monoisotopic (exact) mass is 466 g/mol. The minimum Gasteiger partial charge on any atom is -0.479 e. The van der Waals surface area contributed by atoms with Crippen LogP contribution in [0.15, 0.2) is 54.6 Å². The quantitative estimate of drug-likeness (QED) is 0.412. The number of rotatable bonds is 10. The fraction of sp³-hybridized carbons (Fsp3) is 0.444. The van der Waals surface area contributed by atoms with Crippen molar-refractivity contribution in [3.05, 3.63) is 71.3 Å². The summed E-state index contributed by atoms with van der Waals surface area (Å²) in [5.41, 5.74) is 1.13. The van der Waals surface area contributed by atoms with E-state index in [4.69, 9.17) is 4.74 Å². The molecule has 2 aromatic rings. The molecule has 182 valence electrons. The molecule has 0 spiro atoms. The Kier molecular flexibility index (Phi) is 8.45. The van der Waals surface area contributed by atoms with Crippen LogP contribution in [-0.4, -0.2) is 52.6 Å². The van der Waals surface area contributed by atoms with Crippen LogP contribution in [0.3, 0.4) is 0 Å². The normalized spacial score (nSPS) is 18.1. The van der Waals surface area contributed by atoms with Crippen LogP contribution >= 0.6 is 0 Å². The van der Waals surface area contributed by atoms with Gasteiger partial charge in [0.1, 0.15) is 0 Å².